The standard InChI is InChI=1S/C18H20FN3O5S/c1-28(26,27)21(16-4-2-5-17(12-16)22(24)25)11-3-6-18(23)20-13-14-7-9-15(19)10-8-14/h2,4-5,7-10,12H,3,6,11,13H2,1H3,(H,20,23). The van der Waals surface area contributed by atoms with E-state index in [0.717, 1.165) is 16.1 Å². The van der Waals surface area contributed by atoms with Crippen LogP contribution in [0.3, 0.4) is 0 Å². The van der Waals surface area contributed by atoms with Gasteiger partial charge in [0.1, 0.15) is 5.82 Å². The van der Waals surface area contributed by atoms with Gasteiger partial charge in [-0.1, -0.05) is 18.2 Å². The predicted molar refractivity (Wildman–Crippen MR) is 103 cm³/mol. The van der Waals surface area contributed by atoms with Gasteiger partial charge in [-0.3, -0.25) is 19.2 Å². The second-order valence-electron chi connectivity index (χ2n) is 6.12. The van der Waals surface area contributed by atoms with Crippen LogP contribution in [0, 0.1) is 15.9 Å². The summed E-state index contributed by atoms with van der Waals surface area (Å²) in [4.78, 5) is 22.2. The number of sulfonamides is 1. The zero-order valence-corrected chi connectivity index (χ0v) is 16.0. The molecular weight excluding hydrogens is 389 g/mol. The Hall–Kier alpha value is -3.01. The minimum absolute atomic E-state index is 0.00394. The number of nitrogens with one attached hydrogen (secondary N) is 1. The number of nitrogens with zero attached hydrogens (tertiary/aromatic N) is 2. The maximum atomic E-state index is 12.9. The number of non-ortho nitro benzene ring substituents is 1. The molecule has 0 bridgehead atoms. The SMILES string of the molecule is CS(=O)(=O)N(CCCC(=O)NCc1ccc(F)cc1)c1cccc([N+](=O)[O-])c1. The zero-order valence-electron chi connectivity index (χ0n) is 15.2. The molecule has 0 radical (unpaired) electrons. The van der Waals surface area contributed by atoms with E-state index in [1.165, 1.54) is 36.4 Å². The average Bonchev–Trinajstić information content (AvgIpc) is 2.64. The molecule has 0 aliphatic rings. The van der Waals surface area contributed by atoms with Crippen molar-refractivity contribution >= 4 is 27.3 Å². The van der Waals surface area contributed by atoms with Gasteiger partial charge < -0.3 is 5.32 Å². The van der Waals surface area contributed by atoms with Crippen molar-refractivity contribution < 1.29 is 22.5 Å². The lowest BCUT2D eigenvalue weighted by Crippen LogP contribution is -2.32. The van der Waals surface area contributed by atoms with Crippen molar-refractivity contribution in [2.45, 2.75) is 19.4 Å². The van der Waals surface area contributed by atoms with Crippen LogP contribution in [0.2, 0.25) is 0 Å². The average molecular weight is 409 g/mol. The summed E-state index contributed by atoms with van der Waals surface area (Å²) in [5.41, 5.74) is 0.690. The molecule has 0 saturated heterocycles. The van der Waals surface area contributed by atoms with E-state index in [1.807, 2.05) is 0 Å². The molecule has 0 spiro atoms. The van der Waals surface area contributed by atoms with E-state index in [9.17, 15) is 27.7 Å². The molecule has 2 rings (SSSR count). The molecule has 0 aliphatic heterocycles. The zero-order chi connectivity index (χ0) is 20.7. The number of hydrogen-bond donors (Lipinski definition) is 1. The third kappa shape index (κ3) is 6.31. The van der Waals surface area contributed by atoms with Gasteiger partial charge in [-0.05, 0) is 30.2 Å². The molecule has 0 atom stereocenters. The molecule has 1 N–H and O–H groups in total. The Kier molecular flexibility index (Phi) is 7.05. The van der Waals surface area contributed by atoms with Gasteiger partial charge in [-0.2, -0.15) is 0 Å². The van der Waals surface area contributed by atoms with Gasteiger partial charge in [0.2, 0.25) is 15.9 Å². The fourth-order valence-electron chi connectivity index (χ4n) is 2.52. The number of rotatable bonds is 9. The summed E-state index contributed by atoms with van der Waals surface area (Å²) in [5.74, 6) is -0.645. The van der Waals surface area contributed by atoms with Crippen LogP contribution in [0.1, 0.15) is 18.4 Å². The highest BCUT2D eigenvalue weighted by molar-refractivity contribution is 7.92. The minimum atomic E-state index is -3.67. The Morgan fingerprint density at radius 3 is 2.50 bits per heavy atom. The lowest BCUT2D eigenvalue weighted by Gasteiger charge is -2.22. The molecule has 2 aromatic carbocycles. The van der Waals surface area contributed by atoms with Crippen LogP contribution in [0.15, 0.2) is 48.5 Å². The van der Waals surface area contributed by atoms with Crippen molar-refractivity contribution in [2.75, 3.05) is 17.1 Å². The number of carbonyl (C=O) groups is 1. The van der Waals surface area contributed by atoms with Crippen LogP contribution < -0.4 is 9.62 Å². The van der Waals surface area contributed by atoms with Crippen LogP contribution in [0.5, 0.6) is 0 Å². The maximum Gasteiger partial charge on any atom is 0.271 e. The molecule has 150 valence electrons. The molecule has 2 aromatic rings. The Morgan fingerprint density at radius 1 is 1.21 bits per heavy atom. The van der Waals surface area contributed by atoms with Crippen molar-refractivity contribution in [3.05, 3.63) is 70.0 Å². The third-order valence-corrected chi connectivity index (χ3v) is 5.09. The number of anilines is 1. The number of carbonyl (C=O) groups excluding carboxylic acids is 1. The highest BCUT2D eigenvalue weighted by atomic mass is 32.2. The number of halogens is 1. The quantitative estimate of drug-likeness (QED) is 0.506. The lowest BCUT2D eigenvalue weighted by molar-refractivity contribution is -0.384. The summed E-state index contributed by atoms with van der Waals surface area (Å²) in [6, 6.07) is 11.0. The van der Waals surface area contributed by atoms with Gasteiger partial charge >= 0.3 is 0 Å². The number of nitro benzene ring substituents is 1. The lowest BCUT2D eigenvalue weighted by atomic mass is 10.2. The highest BCUT2D eigenvalue weighted by Gasteiger charge is 2.19. The summed E-state index contributed by atoms with van der Waals surface area (Å²) in [6.07, 6.45) is 1.30. The number of benzene rings is 2. The van der Waals surface area contributed by atoms with E-state index >= 15 is 0 Å². The predicted octanol–water partition coefficient (Wildman–Crippen LogP) is 2.60. The Bertz CT molecular complexity index is 948. The van der Waals surface area contributed by atoms with Gasteiger partial charge in [0.15, 0.2) is 0 Å². The Labute approximate surface area is 162 Å². The molecule has 0 saturated carbocycles. The van der Waals surface area contributed by atoms with Gasteiger partial charge in [-0.15, -0.1) is 0 Å². The first-order valence-corrected chi connectivity index (χ1v) is 10.2. The Balaban J connectivity index is 1.93. The Morgan fingerprint density at radius 2 is 1.89 bits per heavy atom. The van der Waals surface area contributed by atoms with Crippen LogP contribution >= 0.6 is 0 Å². The maximum absolute atomic E-state index is 12.9. The fourth-order valence-corrected chi connectivity index (χ4v) is 3.48. The summed E-state index contributed by atoms with van der Waals surface area (Å²) in [7, 11) is -3.67. The molecule has 0 unspecified atom stereocenters. The van der Waals surface area contributed by atoms with Crippen molar-refractivity contribution in [3.8, 4) is 0 Å². The monoisotopic (exact) mass is 409 g/mol. The van der Waals surface area contributed by atoms with Crippen molar-refractivity contribution in [1.82, 2.24) is 5.32 Å². The molecule has 28 heavy (non-hydrogen) atoms. The van der Waals surface area contributed by atoms with Gasteiger partial charge in [0.05, 0.1) is 16.9 Å². The van der Waals surface area contributed by atoms with Gasteiger partial charge in [0, 0.05) is 31.6 Å². The number of nitro groups is 1. The first kappa shape index (κ1) is 21.3. The summed E-state index contributed by atoms with van der Waals surface area (Å²) >= 11 is 0. The first-order valence-electron chi connectivity index (χ1n) is 8.40. The highest BCUT2D eigenvalue weighted by Crippen LogP contribution is 2.23. The van der Waals surface area contributed by atoms with Crippen molar-refractivity contribution in [1.29, 1.82) is 0 Å². The van der Waals surface area contributed by atoms with E-state index in [0.29, 0.717) is 0 Å². The molecule has 0 heterocycles. The molecular formula is C18H20FN3O5S. The third-order valence-electron chi connectivity index (χ3n) is 3.90. The van der Waals surface area contributed by atoms with Crippen molar-refractivity contribution in [3.63, 3.8) is 0 Å². The fraction of sp³-hybridized carbons (Fsp3) is 0.278. The van der Waals surface area contributed by atoms with E-state index < -0.39 is 14.9 Å². The summed E-state index contributed by atoms with van der Waals surface area (Å²) < 4.78 is 38.0. The molecule has 0 aromatic heterocycles. The number of hydrogen-bond acceptors (Lipinski definition) is 5. The van der Waals surface area contributed by atoms with Crippen LogP contribution in [0.4, 0.5) is 15.8 Å². The molecule has 1 amide bonds. The van der Waals surface area contributed by atoms with Crippen molar-refractivity contribution in [2.24, 2.45) is 0 Å². The van der Waals surface area contributed by atoms with E-state index in [4.69, 9.17) is 0 Å². The summed E-state index contributed by atoms with van der Waals surface area (Å²) in [6.45, 7) is 0.240. The van der Waals surface area contributed by atoms with E-state index in [1.54, 1.807) is 12.1 Å². The van der Waals surface area contributed by atoms with E-state index in [-0.39, 0.29) is 49.0 Å². The minimum Gasteiger partial charge on any atom is -0.352 e. The molecule has 0 fully saturated rings. The van der Waals surface area contributed by atoms with E-state index in [2.05, 4.69) is 5.32 Å². The molecule has 8 nitrogen and oxygen atoms in total. The van der Waals surface area contributed by atoms with Gasteiger partial charge in [-0.25, -0.2) is 12.8 Å². The topological polar surface area (TPSA) is 110 Å². The number of amides is 1. The smallest absolute Gasteiger partial charge is 0.271 e. The molecule has 10 heteroatoms. The van der Waals surface area contributed by atoms with Crippen LogP contribution in [-0.4, -0.2) is 32.0 Å². The largest absolute Gasteiger partial charge is 0.352 e. The molecule has 0 aliphatic carbocycles. The normalized spacial score (nSPS) is 11.1. The van der Waals surface area contributed by atoms with Gasteiger partial charge in [0.25, 0.3) is 5.69 Å². The second-order valence-corrected chi connectivity index (χ2v) is 8.03. The first-order chi connectivity index (χ1) is 13.2. The van der Waals surface area contributed by atoms with Crippen LogP contribution in [-0.2, 0) is 21.4 Å². The van der Waals surface area contributed by atoms with Crippen LogP contribution in [0.25, 0.3) is 0 Å². The summed E-state index contributed by atoms with van der Waals surface area (Å²) in [5, 5.41) is 13.6. The second kappa shape index (κ2) is 9.27.